The number of benzene rings is 4. The molecule has 0 bridgehead atoms. The Morgan fingerprint density at radius 2 is 1.47 bits per heavy atom. The molecule has 3 heteroatoms. The van der Waals surface area contributed by atoms with E-state index in [1.165, 1.54) is 20.6 Å². The number of hydrogen-bond donors (Lipinski definition) is 0. The summed E-state index contributed by atoms with van der Waals surface area (Å²) in [5.74, 6) is 7.32. The molecule has 0 amide bonds. The van der Waals surface area contributed by atoms with Crippen LogP contribution >= 0.6 is 0 Å². The first-order valence-electron chi connectivity index (χ1n) is 10.2. The summed E-state index contributed by atoms with van der Waals surface area (Å²) in [5, 5.41) is 16.8. The van der Waals surface area contributed by atoms with Gasteiger partial charge in [-0.05, 0) is 0 Å². The fourth-order valence-electron chi connectivity index (χ4n) is 4.45. The summed E-state index contributed by atoms with van der Waals surface area (Å²) in [7, 11) is 0. The number of aromatic nitrogens is 1. The van der Waals surface area contributed by atoms with E-state index in [-0.39, 0.29) is 0 Å². The fourth-order valence-corrected chi connectivity index (χ4v) is 7.85. The van der Waals surface area contributed by atoms with Crippen molar-refractivity contribution in [1.29, 1.82) is 5.26 Å². The van der Waals surface area contributed by atoms with Crippen LogP contribution in [0.15, 0.2) is 79.0 Å². The van der Waals surface area contributed by atoms with Crippen LogP contribution in [0.3, 0.4) is 0 Å². The molecule has 2 nitrogen and oxygen atoms in total. The Balaban J connectivity index is 1.83. The van der Waals surface area contributed by atoms with Crippen LogP contribution in [-0.4, -0.2) is 18.3 Å². The molecule has 0 unspecified atom stereocenters. The van der Waals surface area contributed by atoms with Gasteiger partial charge in [-0.1, -0.05) is 0 Å². The molecule has 0 spiro atoms. The van der Waals surface area contributed by atoms with Crippen molar-refractivity contribution in [2.75, 3.05) is 0 Å². The molecule has 5 aromatic rings. The molecule has 144 valence electrons. The summed E-state index contributed by atoms with van der Waals surface area (Å²) < 4.78 is 1.53. The van der Waals surface area contributed by atoms with Gasteiger partial charge >= 0.3 is 179 Å². The number of hydrogen-bond acceptors (Lipinski definition) is 2. The van der Waals surface area contributed by atoms with Gasteiger partial charge in [0.2, 0.25) is 0 Å². The normalized spacial score (nSPS) is 11.8. The molecule has 0 saturated carbocycles. The Hall–Kier alpha value is -3.16. The van der Waals surface area contributed by atoms with E-state index in [9.17, 15) is 5.26 Å². The van der Waals surface area contributed by atoms with Crippen molar-refractivity contribution in [2.24, 2.45) is 0 Å². The van der Waals surface area contributed by atoms with Gasteiger partial charge in [-0.25, -0.2) is 0 Å². The fraction of sp³-hybridized carbons (Fsp3) is 0.111. The van der Waals surface area contributed by atoms with Gasteiger partial charge in [-0.2, -0.15) is 0 Å². The summed E-state index contributed by atoms with van der Waals surface area (Å²) in [6.07, 6.45) is 1.89. The Morgan fingerprint density at radius 1 is 0.733 bits per heavy atom. The Kier molecular flexibility index (Phi) is 4.38. The molecule has 1 heterocycles. The minimum absolute atomic E-state index is 0.686. The summed E-state index contributed by atoms with van der Waals surface area (Å²) >= 11 is -1.99. The summed E-state index contributed by atoms with van der Waals surface area (Å²) in [5.41, 5.74) is 2.60. The molecular weight excluding hydrogens is 425 g/mol. The monoisotopic (exact) mass is 448 g/mol. The quantitative estimate of drug-likeness (QED) is 0.225. The van der Waals surface area contributed by atoms with E-state index in [0.29, 0.717) is 5.56 Å². The molecule has 0 aliphatic heterocycles. The third-order valence-corrected chi connectivity index (χ3v) is 10.2. The van der Waals surface area contributed by atoms with Crippen molar-refractivity contribution in [3.8, 4) is 17.3 Å². The zero-order chi connectivity index (χ0) is 20.9. The van der Waals surface area contributed by atoms with Crippen LogP contribution in [0.1, 0.15) is 5.56 Å². The third kappa shape index (κ3) is 2.98. The van der Waals surface area contributed by atoms with Crippen LogP contribution < -0.4 is 4.40 Å². The average molecular weight is 447 g/mol. The number of pyridine rings is 1. The van der Waals surface area contributed by atoms with Crippen molar-refractivity contribution in [1.82, 2.24) is 4.98 Å². The van der Waals surface area contributed by atoms with Gasteiger partial charge in [0.15, 0.2) is 0 Å². The molecule has 0 aliphatic carbocycles. The van der Waals surface area contributed by atoms with Crippen molar-refractivity contribution >= 4 is 50.0 Å². The van der Waals surface area contributed by atoms with Crippen LogP contribution in [0, 0.1) is 11.3 Å². The summed E-state index contributed by atoms with van der Waals surface area (Å²) in [4.78, 5) is 4.74. The van der Waals surface area contributed by atoms with Crippen LogP contribution in [-0.2, 0) is 0 Å². The average Bonchev–Trinajstić information content (AvgIpc) is 2.76. The number of nitriles is 1. The zero-order valence-electron chi connectivity index (χ0n) is 17.4. The second kappa shape index (κ2) is 6.97. The topological polar surface area (TPSA) is 36.7 Å². The van der Waals surface area contributed by atoms with E-state index in [0.717, 1.165) is 27.4 Å². The molecule has 0 radical (unpaired) electrons. The van der Waals surface area contributed by atoms with Gasteiger partial charge in [0.1, 0.15) is 0 Å². The first kappa shape index (κ1) is 18.8. The second-order valence-corrected chi connectivity index (χ2v) is 19.4. The first-order chi connectivity index (χ1) is 14.5. The molecule has 30 heavy (non-hydrogen) atoms. The summed E-state index contributed by atoms with van der Waals surface area (Å²) in [6.45, 7) is 0. The molecule has 5 rings (SSSR count). The van der Waals surface area contributed by atoms with Crippen molar-refractivity contribution < 1.29 is 0 Å². The molecule has 4 aromatic carbocycles. The number of nitrogens with zero attached hydrogens (tertiary/aromatic N) is 2. The minimum atomic E-state index is -1.99. The summed E-state index contributed by atoms with van der Waals surface area (Å²) in [6, 6.07) is 27.8. The number of rotatable bonds is 2. The molecule has 0 aliphatic rings. The Bertz CT molecular complexity index is 1490. The van der Waals surface area contributed by atoms with E-state index in [2.05, 4.69) is 71.9 Å². The van der Waals surface area contributed by atoms with Gasteiger partial charge in [0.05, 0.1) is 0 Å². The standard InChI is InChI=1S/C27H22GeN2/c1-28(2,3)26-10-6-9-22-23-13-14-30-27(25(23)12-11-24(22)26)19-15-18-7-4-5-8-21(18)20(16-19)17-29/h4-16H,1-3H3. The molecule has 0 fully saturated rings. The van der Waals surface area contributed by atoms with Crippen molar-refractivity contribution in [2.45, 2.75) is 17.3 Å². The van der Waals surface area contributed by atoms with Gasteiger partial charge in [-0.3, -0.25) is 0 Å². The first-order valence-corrected chi connectivity index (χ1v) is 17.6. The van der Waals surface area contributed by atoms with Gasteiger partial charge in [0, 0.05) is 0 Å². The van der Waals surface area contributed by atoms with Crippen molar-refractivity contribution in [3.05, 3.63) is 84.6 Å². The Morgan fingerprint density at radius 3 is 2.27 bits per heavy atom. The zero-order valence-corrected chi connectivity index (χ0v) is 19.5. The van der Waals surface area contributed by atoms with E-state index in [1.807, 2.05) is 30.5 Å². The predicted molar refractivity (Wildman–Crippen MR) is 130 cm³/mol. The third-order valence-electron chi connectivity index (χ3n) is 5.87. The molecular formula is C27H22GeN2. The van der Waals surface area contributed by atoms with Crippen LogP contribution in [0.5, 0.6) is 0 Å². The van der Waals surface area contributed by atoms with E-state index in [1.54, 1.807) is 0 Å². The molecule has 0 N–H and O–H groups in total. The van der Waals surface area contributed by atoms with Gasteiger partial charge in [-0.15, -0.1) is 0 Å². The Labute approximate surface area is 179 Å². The van der Waals surface area contributed by atoms with Crippen LogP contribution in [0.2, 0.25) is 17.3 Å². The van der Waals surface area contributed by atoms with Crippen LogP contribution in [0.4, 0.5) is 0 Å². The van der Waals surface area contributed by atoms with Gasteiger partial charge in [0.25, 0.3) is 0 Å². The van der Waals surface area contributed by atoms with Gasteiger partial charge < -0.3 is 0 Å². The predicted octanol–water partition coefficient (Wildman–Crippen LogP) is 6.63. The van der Waals surface area contributed by atoms with E-state index in [4.69, 9.17) is 4.98 Å². The SMILES string of the molecule is [CH3][Ge]([CH3])([CH3])[c]1cccc2c1ccc1c(-c3cc(C#N)c4ccccc4c3)nccc12. The van der Waals surface area contributed by atoms with Crippen molar-refractivity contribution in [3.63, 3.8) is 0 Å². The van der Waals surface area contributed by atoms with Crippen LogP contribution in [0.25, 0.3) is 43.6 Å². The van der Waals surface area contributed by atoms with E-state index < -0.39 is 13.3 Å². The molecule has 0 atom stereocenters. The molecule has 1 aromatic heterocycles. The van der Waals surface area contributed by atoms with E-state index >= 15 is 0 Å². The number of fused-ring (bicyclic) bond motifs is 4. The second-order valence-electron chi connectivity index (χ2n) is 8.83. The molecule has 0 saturated heterocycles. The maximum atomic E-state index is 9.70. The maximum absolute atomic E-state index is 9.70.